The van der Waals surface area contributed by atoms with Crippen LogP contribution in [0.3, 0.4) is 0 Å². The Morgan fingerprint density at radius 3 is 2.92 bits per heavy atom. The van der Waals surface area contributed by atoms with E-state index < -0.39 is 18.5 Å². The van der Waals surface area contributed by atoms with Crippen molar-refractivity contribution in [3.63, 3.8) is 0 Å². The topological polar surface area (TPSA) is 36.1 Å². The molecule has 2 heterocycles. The Morgan fingerprint density at radius 1 is 1.42 bits per heavy atom. The number of nitrogens with one attached hydrogen (secondary N) is 1. The van der Waals surface area contributed by atoms with Crippen LogP contribution in [0, 0.1) is 0 Å². The van der Waals surface area contributed by atoms with Gasteiger partial charge in [-0.1, -0.05) is 0 Å². The van der Waals surface area contributed by atoms with Gasteiger partial charge in [-0.2, -0.15) is 13.2 Å². The van der Waals surface area contributed by atoms with Gasteiger partial charge in [0.2, 0.25) is 5.78 Å². The zero-order chi connectivity index (χ0) is 17.3. The van der Waals surface area contributed by atoms with Crippen molar-refractivity contribution in [3.8, 4) is 0 Å². The predicted octanol–water partition coefficient (Wildman–Crippen LogP) is 4.03. The van der Waals surface area contributed by atoms with Gasteiger partial charge in [0.25, 0.3) is 0 Å². The Hall–Kier alpha value is -1.47. The van der Waals surface area contributed by atoms with Gasteiger partial charge in [0, 0.05) is 28.0 Å². The standard InChI is InChI=1S/C17H19F3N2OS/c1-24-13-4-5-15-14(8-13)11(9-21-15)7-12-3-2-6-22(12)10-16(23)17(18,19)20/h4-5,8-9,12,21H,2-3,6-7,10H2,1H3/t12-/m1/s1. The van der Waals surface area contributed by atoms with Crippen LogP contribution in [0.5, 0.6) is 0 Å². The number of ketones is 1. The summed E-state index contributed by atoms with van der Waals surface area (Å²) in [5.74, 6) is -1.65. The lowest BCUT2D eigenvalue weighted by Gasteiger charge is -2.24. The molecule has 0 unspecified atom stereocenters. The molecule has 0 amide bonds. The number of rotatable bonds is 5. The summed E-state index contributed by atoms with van der Waals surface area (Å²) in [5, 5.41) is 1.11. The summed E-state index contributed by atoms with van der Waals surface area (Å²) in [4.78, 5) is 17.3. The minimum atomic E-state index is -4.75. The molecule has 0 bridgehead atoms. The number of carbonyl (C=O) groups is 1. The SMILES string of the molecule is CSc1ccc2[nH]cc(C[C@H]3CCCN3CC(=O)C(F)(F)F)c2c1. The molecule has 1 fully saturated rings. The van der Waals surface area contributed by atoms with Crippen LogP contribution >= 0.6 is 11.8 Å². The number of hydrogen-bond donors (Lipinski definition) is 1. The molecule has 1 saturated heterocycles. The third-order valence-electron chi connectivity index (χ3n) is 4.59. The summed E-state index contributed by atoms with van der Waals surface area (Å²) in [6, 6.07) is 6.14. The Balaban J connectivity index is 1.76. The molecule has 1 aromatic heterocycles. The number of alkyl halides is 3. The molecule has 1 atom stereocenters. The molecule has 130 valence electrons. The second kappa shape index (κ2) is 6.80. The number of likely N-dealkylation sites (tertiary alicyclic amines) is 1. The monoisotopic (exact) mass is 356 g/mol. The maximum Gasteiger partial charge on any atom is 0.451 e. The van der Waals surface area contributed by atoms with E-state index in [1.165, 1.54) is 0 Å². The van der Waals surface area contributed by atoms with Crippen LogP contribution in [-0.4, -0.2) is 47.2 Å². The fourth-order valence-corrected chi connectivity index (χ4v) is 3.76. The summed E-state index contributed by atoms with van der Waals surface area (Å²) >= 11 is 1.66. The van der Waals surface area contributed by atoms with Crippen LogP contribution in [0.2, 0.25) is 0 Å². The average Bonchev–Trinajstić information content (AvgIpc) is 3.14. The Kier molecular flexibility index (Phi) is 4.92. The quantitative estimate of drug-likeness (QED) is 0.822. The van der Waals surface area contributed by atoms with Crippen LogP contribution in [0.4, 0.5) is 13.2 Å². The molecule has 0 aliphatic carbocycles. The molecule has 0 radical (unpaired) electrons. The van der Waals surface area contributed by atoms with E-state index in [4.69, 9.17) is 0 Å². The fourth-order valence-electron chi connectivity index (χ4n) is 3.32. The molecular formula is C17H19F3N2OS. The molecule has 0 spiro atoms. The van der Waals surface area contributed by atoms with Gasteiger partial charge in [0.1, 0.15) is 0 Å². The zero-order valence-corrected chi connectivity index (χ0v) is 14.1. The minimum Gasteiger partial charge on any atom is -0.361 e. The first-order valence-electron chi connectivity index (χ1n) is 7.86. The van der Waals surface area contributed by atoms with Crippen molar-refractivity contribution in [2.75, 3.05) is 19.3 Å². The van der Waals surface area contributed by atoms with Crippen molar-refractivity contribution in [1.29, 1.82) is 0 Å². The molecule has 1 aliphatic rings. The Bertz CT molecular complexity index is 741. The van der Waals surface area contributed by atoms with Crippen molar-refractivity contribution in [2.24, 2.45) is 0 Å². The van der Waals surface area contributed by atoms with Gasteiger partial charge in [-0.15, -0.1) is 11.8 Å². The van der Waals surface area contributed by atoms with Gasteiger partial charge in [-0.05, 0) is 55.8 Å². The molecule has 24 heavy (non-hydrogen) atoms. The largest absolute Gasteiger partial charge is 0.451 e. The Labute approximate surface area is 142 Å². The van der Waals surface area contributed by atoms with Crippen molar-refractivity contribution in [2.45, 2.75) is 36.4 Å². The summed E-state index contributed by atoms with van der Waals surface area (Å²) in [7, 11) is 0. The van der Waals surface area contributed by atoms with E-state index in [1.54, 1.807) is 16.7 Å². The third kappa shape index (κ3) is 3.62. The number of aromatic nitrogens is 1. The van der Waals surface area contributed by atoms with E-state index in [2.05, 4.69) is 11.1 Å². The molecule has 7 heteroatoms. The molecule has 1 aromatic carbocycles. The highest BCUT2D eigenvalue weighted by atomic mass is 32.2. The minimum absolute atomic E-state index is 0.0202. The van der Waals surface area contributed by atoms with Gasteiger partial charge in [-0.25, -0.2) is 0 Å². The molecule has 3 rings (SSSR count). The van der Waals surface area contributed by atoms with Gasteiger partial charge in [-0.3, -0.25) is 9.69 Å². The first-order valence-corrected chi connectivity index (χ1v) is 9.09. The van der Waals surface area contributed by atoms with Crippen LogP contribution in [0.15, 0.2) is 29.3 Å². The molecule has 3 nitrogen and oxygen atoms in total. The van der Waals surface area contributed by atoms with E-state index >= 15 is 0 Å². The molecule has 0 saturated carbocycles. The van der Waals surface area contributed by atoms with Gasteiger partial charge in [0.15, 0.2) is 0 Å². The lowest BCUT2D eigenvalue weighted by Crippen LogP contribution is -2.40. The van der Waals surface area contributed by atoms with E-state index in [0.29, 0.717) is 13.0 Å². The lowest BCUT2D eigenvalue weighted by molar-refractivity contribution is -0.172. The van der Waals surface area contributed by atoms with Crippen molar-refractivity contribution in [3.05, 3.63) is 30.0 Å². The number of thioether (sulfide) groups is 1. The Morgan fingerprint density at radius 2 is 2.21 bits per heavy atom. The number of H-pyrrole nitrogens is 1. The highest BCUT2D eigenvalue weighted by Crippen LogP contribution is 2.29. The first kappa shape index (κ1) is 17.4. The zero-order valence-electron chi connectivity index (χ0n) is 13.3. The molecular weight excluding hydrogens is 337 g/mol. The number of aromatic amines is 1. The van der Waals surface area contributed by atoms with Crippen LogP contribution in [-0.2, 0) is 11.2 Å². The highest BCUT2D eigenvalue weighted by Gasteiger charge is 2.40. The number of fused-ring (bicyclic) bond motifs is 1. The molecule has 1 aliphatic heterocycles. The van der Waals surface area contributed by atoms with E-state index in [9.17, 15) is 18.0 Å². The summed E-state index contributed by atoms with van der Waals surface area (Å²) in [6.45, 7) is 0.0114. The molecule has 1 N–H and O–H groups in total. The molecule has 2 aromatic rings. The van der Waals surface area contributed by atoms with E-state index in [0.717, 1.165) is 34.2 Å². The van der Waals surface area contributed by atoms with Crippen LogP contribution in [0.25, 0.3) is 10.9 Å². The van der Waals surface area contributed by atoms with E-state index in [-0.39, 0.29) is 6.04 Å². The number of benzene rings is 1. The number of nitrogens with zero attached hydrogens (tertiary/aromatic N) is 1. The van der Waals surface area contributed by atoms with E-state index in [1.807, 2.05) is 24.6 Å². The van der Waals surface area contributed by atoms with Gasteiger partial charge in [0.05, 0.1) is 6.54 Å². The van der Waals surface area contributed by atoms with Gasteiger partial charge >= 0.3 is 6.18 Å². The predicted molar refractivity (Wildman–Crippen MR) is 89.4 cm³/mol. The number of Topliss-reactive ketones (excluding diaryl/α,β-unsaturated/α-hetero) is 1. The number of hydrogen-bond acceptors (Lipinski definition) is 3. The second-order valence-corrected chi connectivity index (χ2v) is 7.00. The summed E-state index contributed by atoms with van der Waals surface area (Å²) in [5.41, 5.74) is 2.12. The third-order valence-corrected chi connectivity index (χ3v) is 5.32. The van der Waals surface area contributed by atoms with Crippen LogP contribution in [0.1, 0.15) is 18.4 Å². The normalized spacial score (nSPS) is 19.2. The number of halogens is 3. The summed E-state index contributed by atoms with van der Waals surface area (Å²) < 4.78 is 37.5. The van der Waals surface area contributed by atoms with Crippen molar-refractivity contribution in [1.82, 2.24) is 9.88 Å². The number of carbonyl (C=O) groups excluding carboxylic acids is 1. The average molecular weight is 356 g/mol. The smallest absolute Gasteiger partial charge is 0.361 e. The maximum absolute atomic E-state index is 12.5. The first-order chi connectivity index (χ1) is 11.4. The maximum atomic E-state index is 12.5. The highest BCUT2D eigenvalue weighted by molar-refractivity contribution is 7.98. The van der Waals surface area contributed by atoms with Gasteiger partial charge < -0.3 is 4.98 Å². The lowest BCUT2D eigenvalue weighted by atomic mass is 10.0. The van der Waals surface area contributed by atoms with Crippen LogP contribution < -0.4 is 0 Å². The van der Waals surface area contributed by atoms with Crippen molar-refractivity contribution >= 4 is 28.4 Å². The summed E-state index contributed by atoms with van der Waals surface area (Å²) in [6.07, 6.45) is 1.49. The second-order valence-electron chi connectivity index (χ2n) is 6.12. The van der Waals surface area contributed by atoms with Crippen molar-refractivity contribution < 1.29 is 18.0 Å². The fraction of sp³-hybridized carbons (Fsp3) is 0.471.